The smallest absolute Gasteiger partial charge is 0.123 e. The number of rotatable bonds is 6. The molecule has 1 aliphatic carbocycles. The van der Waals surface area contributed by atoms with Gasteiger partial charge in [0.25, 0.3) is 0 Å². The Morgan fingerprint density at radius 1 is 1.20 bits per heavy atom. The molecular weight excluding hydrogens is 412 g/mol. The number of thiazole rings is 1. The monoisotopic (exact) mass is 436 g/mol. The van der Waals surface area contributed by atoms with Gasteiger partial charge in [-0.15, -0.1) is 11.3 Å². The summed E-state index contributed by atoms with van der Waals surface area (Å²) in [4.78, 5) is 5.86. The Morgan fingerprint density at radius 3 is 2.63 bits per heavy atom. The van der Waals surface area contributed by atoms with Crippen molar-refractivity contribution in [2.24, 2.45) is 11.7 Å². The summed E-state index contributed by atoms with van der Waals surface area (Å²) in [6.07, 6.45) is 3.73. The third-order valence-electron chi connectivity index (χ3n) is 5.39. The quantitative estimate of drug-likeness (QED) is 0.457. The Bertz CT molecular complexity index is 1080. The molecule has 1 aliphatic rings. The highest BCUT2D eigenvalue weighted by molar-refractivity contribution is 7.12. The van der Waals surface area contributed by atoms with Crippen LogP contribution in [0, 0.1) is 24.7 Å². The number of hydrogen-bond donors (Lipinski definition) is 1. The largest absolute Gasteiger partial charge is 0.497 e. The normalized spacial score (nSPS) is 15.2. The van der Waals surface area contributed by atoms with Crippen LogP contribution in [0.5, 0.6) is 5.75 Å². The zero-order valence-corrected chi connectivity index (χ0v) is 18.8. The number of hydrogen-bond acceptors (Lipinski definition) is 4. The third-order valence-corrected chi connectivity index (χ3v) is 6.76. The van der Waals surface area contributed by atoms with Crippen molar-refractivity contribution in [3.05, 3.63) is 69.0 Å². The molecule has 1 saturated carbocycles. The van der Waals surface area contributed by atoms with Gasteiger partial charge in [0.1, 0.15) is 16.8 Å². The van der Waals surface area contributed by atoms with E-state index in [0.717, 1.165) is 39.2 Å². The number of methoxy groups -OCH3 is 1. The molecule has 4 rings (SSSR count). The highest BCUT2D eigenvalue weighted by Crippen LogP contribution is 2.39. The van der Waals surface area contributed by atoms with Crippen LogP contribution in [-0.2, 0) is 0 Å². The Morgan fingerprint density at radius 2 is 1.97 bits per heavy atom. The molecule has 2 aromatic carbocycles. The van der Waals surface area contributed by atoms with Crippen LogP contribution in [0.25, 0.3) is 11.3 Å². The van der Waals surface area contributed by atoms with Gasteiger partial charge in [0, 0.05) is 16.4 Å². The number of ether oxygens (including phenoxy) is 1. The van der Waals surface area contributed by atoms with E-state index in [1.54, 1.807) is 24.5 Å². The van der Waals surface area contributed by atoms with Crippen LogP contribution in [0.1, 0.15) is 46.7 Å². The first kappa shape index (κ1) is 20.9. The number of aromatic nitrogens is 1. The maximum atomic E-state index is 6.45. The molecule has 0 amide bonds. The van der Waals surface area contributed by atoms with Crippen molar-refractivity contribution in [2.45, 2.75) is 38.1 Å². The topological polar surface area (TPSA) is 48.1 Å². The summed E-state index contributed by atoms with van der Waals surface area (Å²) in [6.45, 7) is 2.04. The van der Waals surface area contributed by atoms with Crippen molar-refractivity contribution in [1.82, 2.24) is 4.98 Å². The van der Waals surface area contributed by atoms with Crippen LogP contribution >= 0.6 is 22.9 Å². The molecule has 2 N–H and O–H groups in total. The van der Waals surface area contributed by atoms with E-state index in [0.29, 0.717) is 5.02 Å². The fourth-order valence-corrected chi connectivity index (χ4v) is 4.67. The van der Waals surface area contributed by atoms with E-state index < -0.39 is 6.04 Å². The van der Waals surface area contributed by atoms with Crippen molar-refractivity contribution in [3.8, 4) is 28.8 Å². The van der Waals surface area contributed by atoms with Gasteiger partial charge in [-0.25, -0.2) is 4.98 Å². The lowest BCUT2D eigenvalue weighted by Gasteiger charge is -2.10. The van der Waals surface area contributed by atoms with Crippen LogP contribution < -0.4 is 10.5 Å². The molecule has 2 atom stereocenters. The minimum atomic E-state index is -0.412. The maximum absolute atomic E-state index is 6.45. The fraction of sp³-hybridized carbons (Fsp3) is 0.320. The van der Waals surface area contributed by atoms with Crippen molar-refractivity contribution in [1.29, 1.82) is 0 Å². The highest BCUT2D eigenvalue weighted by Gasteiger charge is 2.25. The molecule has 1 aromatic heterocycles. The van der Waals surface area contributed by atoms with E-state index in [9.17, 15) is 0 Å². The van der Waals surface area contributed by atoms with Crippen molar-refractivity contribution >= 4 is 22.9 Å². The summed E-state index contributed by atoms with van der Waals surface area (Å²) in [5.74, 6) is 8.47. The number of nitrogens with zero attached hydrogens (tertiary/aromatic N) is 1. The molecule has 3 nitrogen and oxygen atoms in total. The summed E-state index contributed by atoms with van der Waals surface area (Å²) >= 11 is 8.03. The van der Waals surface area contributed by atoms with Crippen LogP contribution in [0.15, 0.2) is 48.5 Å². The average Bonchev–Trinajstić information content (AvgIpc) is 3.50. The second-order valence-electron chi connectivity index (χ2n) is 7.71. The lowest BCUT2D eigenvalue weighted by molar-refractivity contribution is 0.415. The first-order valence-electron chi connectivity index (χ1n) is 10.2. The SMILES string of the molecule is COc1ccc(-c2nc(C(N)C#CC(CC3CC3)c3ccccc3)sc2C)c(Cl)c1. The van der Waals surface area contributed by atoms with Crippen LogP contribution in [0.4, 0.5) is 0 Å². The number of halogens is 1. The number of nitrogens with two attached hydrogens (primary N) is 1. The minimum absolute atomic E-state index is 0.223. The van der Waals surface area contributed by atoms with E-state index in [2.05, 4.69) is 36.1 Å². The third kappa shape index (κ3) is 4.87. The molecule has 3 aromatic rings. The summed E-state index contributed by atoms with van der Waals surface area (Å²) < 4.78 is 5.24. The highest BCUT2D eigenvalue weighted by atomic mass is 35.5. The summed E-state index contributed by atoms with van der Waals surface area (Å²) in [5, 5.41) is 1.43. The summed E-state index contributed by atoms with van der Waals surface area (Å²) in [7, 11) is 1.63. The van der Waals surface area contributed by atoms with E-state index in [4.69, 9.17) is 27.1 Å². The zero-order valence-electron chi connectivity index (χ0n) is 17.2. The second-order valence-corrected chi connectivity index (χ2v) is 9.35. The van der Waals surface area contributed by atoms with Gasteiger partial charge in [-0.1, -0.05) is 66.6 Å². The number of aryl methyl sites for hydroxylation is 1. The first-order valence-corrected chi connectivity index (χ1v) is 11.4. The lowest BCUT2D eigenvalue weighted by Crippen LogP contribution is -2.08. The Hall–Kier alpha value is -2.32. The second kappa shape index (κ2) is 9.22. The van der Waals surface area contributed by atoms with E-state index in [-0.39, 0.29) is 5.92 Å². The summed E-state index contributed by atoms with van der Waals surface area (Å²) in [6, 6.07) is 15.7. The predicted octanol–water partition coefficient (Wildman–Crippen LogP) is 6.37. The zero-order chi connectivity index (χ0) is 21.1. The minimum Gasteiger partial charge on any atom is -0.497 e. The van der Waals surface area contributed by atoms with E-state index in [1.165, 1.54) is 18.4 Å². The predicted molar refractivity (Wildman–Crippen MR) is 125 cm³/mol. The molecule has 1 heterocycles. The molecule has 154 valence electrons. The van der Waals surface area contributed by atoms with Gasteiger partial charge in [0.05, 0.1) is 17.8 Å². The van der Waals surface area contributed by atoms with Gasteiger partial charge in [-0.05, 0) is 43.0 Å². The van der Waals surface area contributed by atoms with Crippen LogP contribution in [0.2, 0.25) is 5.02 Å². The Balaban J connectivity index is 1.57. The first-order chi connectivity index (χ1) is 14.5. The molecule has 1 fully saturated rings. The van der Waals surface area contributed by atoms with Crippen molar-refractivity contribution in [3.63, 3.8) is 0 Å². The van der Waals surface area contributed by atoms with Gasteiger partial charge in [-0.3, -0.25) is 0 Å². The van der Waals surface area contributed by atoms with Gasteiger partial charge < -0.3 is 10.5 Å². The molecular formula is C25H25ClN2OS. The van der Waals surface area contributed by atoms with E-state index >= 15 is 0 Å². The van der Waals surface area contributed by atoms with Crippen LogP contribution in [0.3, 0.4) is 0 Å². The summed E-state index contributed by atoms with van der Waals surface area (Å²) in [5.41, 5.74) is 9.44. The molecule has 0 saturated heterocycles. The van der Waals surface area contributed by atoms with Crippen molar-refractivity contribution < 1.29 is 4.74 Å². The van der Waals surface area contributed by atoms with Gasteiger partial charge >= 0.3 is 0 Å². The van der Waals surface area contributed by atoms with Gasteiger partial charge in [0.15, 0.2) is 0 Å². The van der Waals surface area contributed by atoms with Crippen molar-refractivity contribution in [2.75, 3.05) is 7.11 Å². The van der Waals surface area contributed by atoms with Crippen LogP contribution in [-0.4, -0.2) is 12.1 Å². The lowest BCUT2D eigenvalue weighted by atomic mass is 9.94. The molecule has 0 aliphatic heterocycles. The molecule has 0 bridgehead atoms. The molecule has 0 radical (unpaired) electrons. The Kier molecular flexibility index (Phi) is 6.43. The van der Waals surface area contributed by atoms with E-state index in [1.807, 2.05) is 25.1 Å². The maximum Gasteiger partial charge on any atom is 0.123 e. The molecule has 2 unspecified atom stereocenters. The number of benzene rings is 2. The molecule has 0 spiro atoms. The molecule has 5 heteroatoms. The Labute approximate surface area is 187 Å². The average molecular weight is 437 g/mol. The van der Waals surface area contributed by atoms with Gasteiger partial charge in [0.2, 0.25) is 0 Å². The van der Waals surface area contributed by atoms with Gasteiger partial charge in [-0.2, -0.15) is 0 Å². The fourth-order valence-electron chi connectivity index (χ4n) is 3.52. The molecule has 30 heavy (non-hydrogen) atoms. The standard InChI is InChI=1S/C25H25ClN2OS/c1-16-24(21-12-11-20(29-2)15-22(21)26)28-25(30-16)23(27)13-10-19(14-17-8-9-17)18-6-4-3-5-7-18/h3-7,11-12,15,17,19,23H,8-9,14,27H2,1-2H3.